The molecule has 0 bridgehead atoms. The van der Waals surface area contributed by atoms with E-state index >= 15 is 0 Å². The van der Waals surface area contributed by atoms with Gasteiger partial charge in [0.1, 0.15) is 11.4 Å². The molecule has 132 valence electrons. The first kappa shape index (κ1) is 17.4. The molecule has 6 heteroatoms. The first-order valence-corrected chi connectivity index (χ1v) is 8.36. The lowest BCUT2D eigenvalue weighted by Crippen LogP contribution is -2.19. The smallest absolute Gasteiger partial charge is 0.289 e. The van der Waals surface area contributed by atoms with Gasteiger partial charge in [-0.2, -0.15) is 10.2 Å². The van der Waals surface area contributed by atoms with Crippen molar-refractivity contribution in [1.29, 1.82) is 0 Å². The van der Waals surface area contributed by atoms with Crippen LogP contribution in [0.1, 0.15) is 29.9 Å². The third-order valence-electron chi connectivity index (χ3n) is 3.80. The second-order valence-electron chi connectivity index (χ2n) is 5.63. The molecule has 0 fully saturated rings. The summed E-state index contributed by atoms with van der Waals surface area (Å²) in [5.41, 5.74) is 6.16. The first-order chi connectivity index (χ1) is 12.7. The molecule has 0 aliphatic carbocycles. The fourth-order valence-corrected chi connectivity index (χ4v) is 2.41. The van der Waals surface area contributed by atoms with Crippen LogP contribution in [0.15, 0.2) is 65.8 Å². The van der Waals surface area contributed by atoms with Crippen LogP contribution in [0.2, 0.25) is 0 Å². The van der Waals surface area contributed by atoms with Gasteiger partial charge in [0.15, 0.2) is 0 Å². The topological polar surface area (TPSA) is 79.4 Å². The summed E-state index contributed by atoms with van der Waals surface area (Å²) in [5.74, 6) is 0.462. The Balaban J connectivity index is 1.66. The number of rotatable bonds is 6. The predicted octanol–water partition coefficient (Wildman–Crippen LogP) is 3.63. The average molecular weight is 348 g/mol. The van der Waals surface area contributed by atoms with Crippen molar-refractivity contribution in [3.63, 3.8) is 0 Å². The Kier molecular flexibility index (Phi) is 5.43. The molecule has 3 rings (SSSR count). The van der Waals surface area contributed by atoms with E-state index in [-0.39, 0.29) is 5.91 Å². The van der Waals surface area contributed by atoms with Crippen molar-refractivity contribution in [2.45, 2.75) is 13.8 Å². The van der Waals surface area contributed by atoms with Gasteiger partial charge >= 0.3 is 0 Å². The number of carbonyl (C=O) groups is 1. The van der Waals surface area contributed by atoms with Crippen LogP contribution in [0, 0.1) is 0 Å². The third-order valence-corrected chi connectivity index (χ3v) is 3.80. The quantitative estimate of drug-likeness (QED) is 0.527. The average Bonchev–Trinajstić information content (AvgIpc) is 3.18. The molecule has 1 amide bonds. The number of aromatic amines is 1. The molecule has 2 N–H and O–H groups in total. The molecule has 0 spiro atoms. The Hall–Kier alpha value is -3.41. The molecule has 0 aliphatic heterocycles. The van der Waals surface area contributed by atoms with Crippen LogP contribution in [-0.2, 0) is 0 Å². The number of nitrogens with one attached hydrogen (secondary N) is 2. The third kappa shape index (κ3) is 4.16. The van der Waals surface area contributed by atoms with E-state index in [1.807, 2.05) is 68.4 Å². The highest BCUT2D eigenvalue weighted by Crippen LogP contribution is 2.17. The number of hydrazone groups is 1. The molecule has 26 heavy (non-hydrogen) atoms. The summed E-state index contributed by atoms with van der Waals surface area (Å²) in [6, 6.07) is 18.9. The van der Waals surface area contributed by atoms with Crippen molar-refractivity contribution < 1.29 is 9.53 Å². The molecule has 6 nitrogen and oxygen atoms in total. The Morgan fingerprint density at radius 3 is 2.58 bits per heavy atom. The number of H-pyrrole nitrogens is 1. The Morgan fingerprint density at radius 1 is 1.15 bits per heavy atom. The van der Waals surface area contributed by atoms with Gasteiger partial charge in [0.25, 0.3) is 5.91 Å². The normalized spacial score (nSPS) is 11.2. The standard InChI is InChI=1S/C20H20N4O2/c1-3-26-17-11-9-15(10-12-17)14(2)21-24-20(25)19-13-18(22-23-19)16-7-5-4-6-8-16/h4-13H,3H2,1-2H3,(H,22,23)(H,24,25)/b21-14-. The fourth-order valence-electron chi connectivity index (χ4n) is 2.41. The molecule has 0 atom stereocenters. The monoisotopic (exact) mass is 348 g/mol. The molecule has 0 radical (unpaired) electrons. The SMILES string of the molecule is CCOc1ccc(/C(C)=N\NC(=O)c2cc(-c3ccccc3)n[nH]2)cc1. The molecule has 2 aromatic carbocycles. The van der Waals surface area contributed by atoms with E-state index < -0.39 is 0 Å². The van der Waals surface area contributed by atoms with E-state index in [4.69, 9.17) is 4.74 Å². The summed E-state index contributed by atoms with van der Waals surface area (Å²) >= 11 is 0. The maximum Gasteiger partial charge on any atom is 0.289 e. The molecule has 3 aromatic rings. The summed E-state index contributed by atoms with van der Waals surface area (Å²) in [6.07, 6.45) is 0. The second-order valence-corrected chi connectivity index (χ2v) is 5.63. The zero-order valence-corrected chi connectivity index (χ0v) is 14.7. The van der Waals surface area contributed by atoms with Gasteiger partial charge in [0, 0.05) is 5.56 Å². The van der Waals surface area contributed by atoms with Crippen molar-refractivity contribution in [3.8, 4) is 17.0 Å². The largest absolute Gasteiger partial charge is 0.494 e. The van der Waals surface area contributed by atoms with E-state index in [9.17, 15) is 4.79 Å². The maximum absolute atomic E-state index is 12.3. The Bertz CT molecular complexity index is 899. The van der Waals surface area contributed by atoms with Crippen LogP contribution in [-0.4, -0.2) is 28.4 Å². The van der Waals surface area contributed by atoms with E-state index in [0.717, 1.165) is 16.9 Å². The van der Waals surface area contributed by atoms with Crippen LogP contribution < -0.4 is 10.2 Å². The van der Waals surface area contributed by atoms with Crippen LogP contribution in [0.4, 0.5) is 0 Å². The number of benzene rings is 2. The zero-order chi connectivity index (χ0) is 18.4. The minimum Gasteiger partial charge on any atom is -0.494 e. The molecule has 0 saturated carbocycles. The highest BCUT2D eigenvalue weighted by atomic mass is 16.5. The van der Waals surface area contributed by atoms with Gasteiger partial charge in [-0.05, 0) is 49.7 Å². The minimum atomic E-state index is -0.343. The second kappa shape index (κ2) is 8.11. The lowest BCUT2D eigenvalue weighted by Gasteiger charge is -2.05. The van der Waals surface area contributed by atoms with Gasteiger partial charge in [0.05, 0.1) is 18.0 Å². The van der Waals surface area contributed by atoms with E-state index in [1.165, 1.54) is 0 Å². The molecule has 1 heterocycles. The van der Waals surface area contributed by atoms with Crippen LogP contribution in [0.25, 0.3) is 11.3 Å². The minimum absolute atomic E-state index is 0.343. The highest BCUT2D eigenvalue weighted by Gasteiger charge is 2.10. The van der Waals surface area contributed by atoms with Gasteiger partial charge < -0.3 is 4.74 Å². The molecule has 0 unspecified atom stereocenters. The van der Waals surface area contributed by atoms with Crippen molar-refractivity contribution in [2.24, 2.45) is 5.10 Å². The van der Waals surface area contributed by atoms with Crippen molar-refractivity contribution in [3.05, 3.63) is 71.9 Å². The summed E-state index contributed by atoms with van der Waals surface area (Å²) in [5, 5.41) is 11.1. The van der Waals surface area contributed by atoms with Gasteiger partial charge in [-0.1, -0.05) is 30.3 Å². The number of carbonyl (C=O) groups excluding carboxylic acids is 1. The number of nitrogens with zero attached hydrogens (tertiary/aromatic N) is 2. The lowest BCUT2D eigenvalue weighted by atomic mass is 10.1. The number of amides is 1. The summed E-state index contributed by atoms with van der Waals surface area (Å²) in [4.78, 5) is 12.3. The maximum atomic E-state index is 12.3. The molecule has 0 aliphatic rings. The van der Waals surface area contributed by atoms with E-state index in [1.54, 1.807) is 6.07 Å². The number of aromatic nitrogens is 2. The van der Waals surface area contributed by atoms with E-state index in [2.05, 4.69) is 20.7 Å². The molecular weight excluding hydrogens is 328 g/mol. The van der Waals surface area contributed by atoms with Gasteiger partial charge in [-0.15, -0.1) is 0 Å². The molecular formula is C20H20N4O2. The highest BCUT2D eigenvalue weighted by molar-refractivity contribution is 6.00. The fraction of sp³-hybridized carbons (Fsp3) is 0.150. The van der Waals surface area contributed by atoms with Crippen LogP contribution in [0.5, 0.6) is 5.75 Å². The predicted molar refractivity (Wildman–Crippen MR) is 101 cm³/mol. The van der Waals surface area contributed by atoms with Crippen LogP contribution in [0.3, 0.4) is 0 Å². The summed E-state index contributed by atoms with van der Waals surface area (Å²) in [7, 11) is 0. The number of hydrogen-bond donors (Lipinski definition) is 2. The van der Waals surface area contributed by atoms with E-state index in [0.29, 0.717) is 23.7 Å². The molecule has 0 saturated heterocycles. The summed E-state index contributed by atoms with van der Waals surface area (Å²) < 4.78 is 5.41. The van der Waals surface area contributed by atoms with Gasteiger partial charge in [-0.3, -0.25) is 9.89 Å². The van der Waals surface area contributed by atoms with Crippen molar-refractivity contribution >= 4 is 11.6 Å². The number of hydrogen-bond acceptors (Lipinski definition) is 4. The summed E-state index contributed by atoms with van der Waals surface area (Å²) in [6.45, 7) is 4.39. The van der Waals surface area contributed by atoms with Gasteiger partial charge in [0.2, 0.25) is 0 Å². The van der Waals surface area contributed by atoms with Crippen molar-refractivity contribution in [1.82, 2.24) is 15.6 Å². The van der Waals surface area contributed by atoms with Crippen molar-refractivity contribution in [2.75, 3.05) is 6.61 Å². The lowest BCUT2D eigenvalue weighted by molar-refractivity contribution is 0.0950. The Labute approximate surface area is 151 Å². The van der Waals surface area contributed by atoms with Gasteiger partial charge in [-0.25, -0.2) is 5.43 Å². The first-order valence-electron chi connectivity index (χ1n) is 8.36. The van der Waals surface area contributed by atoms with Crippen LogP contribution >= 0.6 is 0 Å². The Morgan fingerprint density at radius 2 is 1.88 bits per heavy atom. The number of ether oxygens (including phenoxy) is 1. The zero-order valence-electron chi connectivity index (χ0n) is 14.7. The molecule has 1 aromatic heterocycles.